The van der Waals surface area contributed by atoms with Crippen molar-refractivity contribution in [3.63, 3.8) is 0 Å². The summed E-state index contributed by atoms with van der Waals surface area (Å²) in [7, 11) is 2.88. The second kappa shape index (κ2) is 6.64. The quantitative estimate of drug-likeness (QED) is 0.551. The van der Waals surface area contributed by atoms with Crippen molar-refractivity contribution in [2.45, 2.75) is 0 Å². The molecule has 0 fully saturated rings. The minimum absolute atomic E-state index is 0.262. The van der Waals surface area contributed by atoms with E-state index in [-0.39, 0.29) is 17.0 Å². The van der Waals surface area contributed by atoms with Crippen LogP contribution in [0.1, 0.15) is 31.1 Å². The van der Waals surface area contributed by atoms with Crippen molar-refractivity contribution in [3.05, 3.63) is 55.6 Å². The number of carbonyl (C=O) groups excluding carboxylic acids is 3. The molecule has 0 saturated heterocycles. The van der Waals surface area contributed by atoms with Crippen molar-refractivity contribution < 1.29 is 19.1 Å². The van der Waals surface area contributed by atoms with Gasteiger partial charge < -0.3 is 10.1 Å². The smallest absolute Gasteiger partial charge is 0.261 e. The molecule has 0 unspecified atom stereocenters. The van der Waals surface area contributed by atoms with Gasteiger partial charge in [-0.25, -0.2) is 0 Å². The largest absolute Gasteiger partial charge is 0.496 e. The van der Waals surface area contributed by atoms with Gasteiger partial charge in [-0.2, -0.15) is 0 Å². The van der Waals surface area contributed by atoms with Crippen molar-refractivity contribution in [2.24, 2.45) is 0 Å². The lowest BCUT2D eigenvalue weighted by molar-refractivity contribution is 0.0692. The van der Waals surface area contributed by atoms with Crippen LogP contribution in [0.2, 0.25) is 5.02 Å². The van der Waals surface area contributed by atoms with Gasteiger partial charge >= 0.3 is 0 Å². The van der Waals surface area contributed by atoms with E-state index in [1.165, 1.54) is 32.4 Å². The number of imide groups is 1. The highest BCUT2D eigenvalue weighted by molar-refractivity contribution is 14.1. The van der Waals surface area contributed by atoms with Gasteiger partial charge in [-0.3, -0.25) is 19.3 Å². The van der Waals surface area contributed by atoms with E-state index in [9.17, 15) is 14.4 Å². The Hall–Kier alpha value is -2.13. The van der Waals surface area contributed by atoms with Gasteiger partial charge in [0.05, 0.1) is 28.8 Å². The van der Waals surface area contributed by atoms with E-state index < -0.39 is 11.8 Å². The summed E-state index contributed by atoms with van der Waals surface area (Å²) in [6, 6.07) is 7.76. The molecule has 0 spiro atoms. The third kappa shape index (κ3) is 3.09. The third-order valence-electron chi connectivity index (χ3n) is 3.83. The van der Waals surface area contributed by atoms with Crippen LogP contribution >= 0.6 is 34.2 Å². The second-order valence-electron chi connectivity index (χ2n) is 5.35. The van der Waals surface area contributed by atoms with Crippen LogP contribution < -0.4 is 10.1 Å². The Bertz CT molecular complexity index is 929. The molecule has 1 heterocycles. The fourth-order valence-corrected chi connectivity index (χ4v) is 3.11. The first-order valence-electron chi connectivity index (χ1n) is 7.14. The molecule has 0 saturated carbocycles. The number of ether oxygens (including phenoxy) is 1. The van der Waals surface area contributed by atoms with Crippen molar-refractivity contribution >= 4 is 57.6 Å². The number of carbonyl (C=O) groups is 3. The van der Waals surface area contributed by atoms with Crippen molar-refractivity contribution in [1.29, 1.82) is 0 Å². The summed E-state index contributed by atoms with van der Waals surface area (Å²) >= 11 is 8.13. The zero-order valence-corrected chi connectivity index (χ0v) is 16.1. The molecule has 25 heavy (non-hydrogen) atoms. The van der Waals surface area contributed by atoms with Crippen LogP contribution in [0.15, 0.2) is 30.3 Å². The average molecular weight is 471 g/mol. The van der Waals surface area contributed by atoms with Gasteiger partial charge in [0.2, 0.25) is 0 Å². The van der Waals surface area contributed by atoms with Gasteiger partial charge in [0.25, 0.3) is 17.7 Å². The summed E-state index contributed by atoms with van der Waals surface area (Å²) in [4.78, 5) is 37.5. The molecule has 0 bridgehead atoms. The van der Waals surface area contributed by atoms with Crippen LogP contribution in [0.4, 0.5) is 5.69 Å². The minimum atomic E-state index is -0.430. The molecule has 0 aliphatic carbocycles. The Morgan fingerprint density at radius 2 is 1.84 bits per heavy atom. The Balaban J connectivity index is 1.92. The lowest BCUT2D eigenvalue weighted by atomic mass is 10.1. The number of methoxy groups -OCH3 is 1. The first kappa shape index (κ1) is 17.7. The van der Waals surface area contributed by atoms with Crippen LogP contribution in [0, 0.1) is 3.57 Å². The summed E-state index contributed by atoms with van der Waals surface area (Å²) in [5, 5.41) is 3.13. The first-order chi connectivity index (χ1) is 11.8. The number of halogens is 2. The van der Waals surface area contributed by atoms with E-state index in [1.807, 2.05) is 22.6 Å². The Morgan fingerprint density at radius 3 is 2.52 bits per heavy atom. The van der Waals surface area contributed by atoms with Crippen LogP contribution in [0.3, 0.4) is 0 Å². The number of fused-ring (bicyclic) bond motifs is 1. The summed E-state index contributed by atoms with van der Waals surface area (Å²) in [6.07, 6.45) is 0. The number of amides is 3. The molecule has 2 aromatic rings. The lowest BCUT2D eigenvalue weighted by Gasteiger charge is -2.11. The lowest BCUT2D eigenvalue weighted by Crippen LogP contribution is -2.24. The molecule has 0 radical (unpaired) electrons. The monoisotopic (exact) mass is 470 g/mol. The van der Waals surface area contributed by atoms with Gasteiger partial charge in [0, 0.05) is 16.3 Å². The van der Waals surface area contributed by atoms with E-state index in [2.05, 4.69) is 5.32 Å². The average Bonchev–Trinajstić information content (AvgIpc) is 2.81. The summed E-state index contributed by atoms with van der Waals surface area (Å²) in [5.41, 5.74) is 1.25. The predicted molar refractivity (Wildman–Crippen MR) is 102 cm³/mol. The maximum absolute atomic E-state index is 12.6. The molecule has 1 aliphatic rings. The molecule has 128 valence electrons. The summed E-state index contributed by atoms with van der Waals surface area (Å²) in [6.45, 7) is 0. The summed E-state index contributed by atoms with van der Waals surface area (Å²) < 4.78 is 5.99. The number of nitrogens with zero attached hydrogens (tertiary/aromatic N) is 1. The number of hydrogen-bond donors (Lipinski definition) is 1. The molecule has 1 aliphatic heterocycles. The zero-order chi connectivity index (χ0) is 18.3. The van der Waals surface area contributed by atoms with E-state index in [0.29, 0.717) is 22.0 Å². The molecular weight excluding hydrogens is 459 g/mol. The molecule has 3 amide bonds. The standard InChI is InChI=1S/C17H12ClIN2O4/c1-21-16(23)9-4-3-8(5-10(9)17(21)24)20-15(22)11-6-12(18)13(19)7-14(11)25-2/h3-7H,1-2H3,(H,20,22). The van der Waals surface area contributed by atoms with Crippen LogP contribution in [0.5, 0.6) is 5.75 Å². The number of benzene rings is 2. The SMILES string of the molecule is COc1cc(I)c(Cl)cc1C(=O)Nc1ccc2c(c1)C(=O)N(C)C2=O. The molecule has 1 N–H and O–H groups in total. The Kier molecular flexibility index (Phi) is 4.70. The van der Waals surface area contributed by atoms with Gasteiger partial charge in [-0.05, 0) is 52.9 Å². The second-order valence-corrected chi connectivity index (χ2v) is 6.92. The van der Waals surface area contributed by atoms with Crippen molar-refractivity contribution in [1.82, 2.24) is 4.90 Å². The highest BCUT2D eigenvalue weighted by Crippen LogP contribution is 2.30. The van der Waals surface area contributed by atoms with Gasteiger partial charge in [0.15, 0.2) is 0 Å². The van der Waals surface area contributed by atoms with Gasteiger partial charge in [-0.1, -0.05) is 11.6 Å². The topological polar surface area (TPSA) is 75.7 Å². The first-order valence-corrected chi connectivity index (χ1v) is 8.60. The molecule has 8 heteroatoms. The van der Waals surface area contributed by atoms with Crippen LogP contribution in [-0.2, 0) is 0 Å². The molecule has 0 atom stereocenters. The molecule has 3 rings (SSSR count). The van der Waals surface area contributed by atoms with E-state index in [0.717, 1.165) is 8.47 Å². The zero-order valence-electron chi connectivity index (χ0n) is 13.2. The highest BCUT2D eigenvalue weighted by atomic mass is 127. The molecule has 6 nitrogen and oxygen atoms in total. The number of anilines is 1. The van der Waals surface area contributed by atoms with Gasteiger partial charge in [0.1, 0.15) is 5.75 Å². The number of hydrogen-bond acceptors (Lipinski definition) is 4. The Morgan fingerprint density at radius 1 is 1.16 bits per heavy atom. The van der Waals surface area contributed by atoms with Crippen LogP contribution in [-0.4, -0.2) is 36.8 Å². The van der Waals surface area contributed by atoms with Gasteiger partial charge in [-0.15, -0.1) is 0 Å². The maximum Gasteiger partial charge on any atom is 0.261 e. The number of nitrogens with one attached hydrogen (secondary N) is 1. The third-order valence-corrected chi connectivity index (χ3v) is 5.36. The van der Waals surface area contributed by atoms with E-state index >= 15 is 0 Å². The summed E-state index contributed by atoms with van der Waals surface area (Å²) in [5.74, 6) is -0.798. The molecule has 0 aromatic heterocycles. The fourth-order valence-electron chi connectivity index (χ4n) is 2.51. The maximum atomic E-state index is 12.6. The highest BCUT2D eigenvalue weighted by Gasteiger charge is 2.32. The van der Waals surface area contributed by atoms with E-state index in [4.69, 9.17) is 16.3 Å². The van der Waals surface area contributed by atoms with Crippen LogP contribution in [0.25, 0.3) is 0 Å². The molecule has 2 aromatic carbocycles. The number of rotatable bonds is 3. The predicted octanol–water partition coefficient (Wildman–Crippen LogP) is 3.43. The molecular formula is C17H12ClIN2O4. The Labute approximate surface area is 162 Å². The van der Waals surface area contributed by atoms with Crippen molar-refractivity contribution in [2.75, 3.05) is 19.5 Å². The van der Waals surface area contributed by atoms with E-state index in [1.54, 1.807) is 12.1 Å². The normalized spacial score (nSPS) is 13.0. The fraction of sp³-hybridized carbons (Fsp3) is 0.118. The van der Waals surface area contributed by atoms with Crippen molar-refractivity contribution in [3.8, 4) is 5.75 Å². The minimum Gasteiger partial charge on any atom is -0.496 e.